The van der Waals surface area contributed by atoms with E-state index in [1.165, 1.54) is 31.7 Å². The van der Waals surface area contributed by atoms with Crippen LogP contribution in [0.1, 0.15) is 33.1 Å². The molecule has 13 nitrogen and oxygen atoms in total. The quantitative estimate of drug-likeness (QED) is 0.517. The van der Waals surface area contributed by atoms with Crippen LogP contribution in [0, 0.1) is 0 Å². The molecule has 0 bridgehead atoms. The summed E-state index contributed by atoms with van der Waals surface area (Å²) in [6.45, 7) is 4.84. The van der Waals surface area contributed by atoms with Gasteiger partial charge in [-0.25, -0.2) is 33.3 Å². The number of halogens is 2. The second kappa shape index (κ2) is 12.5. The molecule has 40 heavy (non-hydrogen) atoms. The minimum atomic E-state index is -3.15. The molecule has 0 aliphatic carbocycles. The molecule has 4 heterocycles. The number of ether oxygens (including phenoxy) is 2. The minimum Gasteiger partial charge on any atom is -0.477 e. The molecule has 218 valence electrons. The monoisotopic (exact) mass is 563 g/mol. The summed E-state index contributed by atoms with van der Waals surface area (Å²) in [6.07, 6.45) is 4.16. The van der Waals surface area contributed by atoms with Crippen molar-refractivity contribution in [3.8, 4) is 5.88 Å². The highest BCUT2D eigenvalue weighted by molar-refractivity contribution is 5.88. The van der Waals surface area contributed by atoms with Gasteiger partial charge in [0, 0.05) is 45.3 Å². The van der Waals surface area contributed by atoms with Crippen LogP contribution in [-0.4, -0.2) is 106 Å². The number of urea groups is 1. The first-order chi connectivity index (χ1) is 19.1. The first-order valence-corrected chi connectivity index (χ1v) is 13.2. The number of aromatic nitrogens is 4. The largest absolute Gasteiger partial charge is 0.477 e. The first kappa shape index (κ1) is 29.1. The Labute approximate surface area is 231 Å². The summed E-state index contributed by atoms with van der Waals surface area (Å²) < 4.78 is 40.7. The van der Waals surface area contributed by atoms with E-state index in [1.807, 2.05) is 7.05 Å². The van der Waals surface area contributed by atoms with Crippen LogP contribution in [0.4, 0.5) is 36.0 Å². The maximum absolute atomic E-state index is 15.0. The van der Waals surface area contributed by atoms with E-state index in [2.05, 4.69) is 42.4 Å². The third kappa shape index (κ3) is 7.20. The molecule has 2 aliphatic heterocycles. The Balaban J connectivity index is 1.37. The first-order valence-electron chi connectivity index (χ1n) is 13.2. The number of carbonyl (C=O) groups excluding carboxylic acids is 2. The van der Waals surface area contributed by atoms with Crippen molar-refractivity contribution >= 4 is 29.7 Å². The normalized spacial score (nSPS) is 22.8. The van der Waals surface area contributed by atoms with Crippen LogP contribution in [0.5, 0.6) is 5.88 Å². The number of hydrogen-bond acceptors (Lipinski definition) is 10. The summed E-state index contributed by atoms with van der Waals surface area (Å²) in [5.41, 5.74) is 0. The average Bonchev–Trinajstić information content (AvgIpc) is 2.91. The topological polar surface area (TPSA) is 138 Å². The molecule has 0 spiro atoms. The molecule has 3 atom stereocenters. The van der Waals surface area contributed by atoms with Crippen molar-refractivity contribution in [3.63, 3.8) is 0 Å². The van der Waals surface area contributed by atoms with Crippen LogP contribution < -0.4 is 20.3 Å². The van der Waals surface area contributed by atoms with Crippen molar-refractivity contribution in [3.05, 3.63) is 24.7 Å². The van der Waals surface area contributed by atoms with E-state index < -0.39 is 30.5 Å². The highest BCUT2D eigenvalue weighted by atomic mass is 19.3. The summed E-state index contributed by atoms with van der Waals surface area (Å²) in [5.74, 6) is -2.44. The fourth-order valence-corrected chi connectivity index (χ4v) is 4.62. The SMILES string of the molecule is CCOc1cnc(NC(=O)N(C)[C@H]2CN(c3nccc(NC(=O)O[C@@H]4CCN(C)[C@H](C)C4)n3)CCC2(F)F)cn1. The summed E-state index contributed by atoms with van der Waals surface area (Å²) in [4.78, 5) is 46.5. The standard InChI is InChI=1S/C25H35F2N9O4/c1-5-39-21-14-29-20(13-30-21)32-23(37)35(4)18-15-36(11-8-25(18,26)27)22-28-9-6-19(31-22)33-24(38)40-17-7-10-34(3)16(2)12-17/h6,9,13-14,16-18H,5,7-8,10-12,15H2,1-4H3,(H,29,32,37)(H,28,31,33,38)/t16-,17-,18+/m1/s1. The number of alkyl halides is 2. The molecule has 2 N–H and O–H groups in total. The van der Waals surface area contributed by atoms with Crippen LogP contribution in [0.2, 0.25) is 0 Å². The average molecular weight is 564 g/mol. The smallest absolute Gasteiger partial charge is 0.413 e. The Morgan fingerprint density at radius 3 is 2.67 bits per heavy atom. The van der Waals surface area contributed by atoms with Crippen molar-refractivity contribution in [1.29, 1.82) is 0 Å². The van der Waals surface area contributed by atoms with Gasteiger partial charge in [0.05, 0.1) is 19.0 Å². The van der Waals surface area contributed by atoms with Crippen LogP contribution in [0.15, 0.2) is 24.7 Å². The molecule has 3 amide bonds. The van der Waals surface area contributed by atoms with Crippen molar-refractivity contribution in [2.45, 2.75) is 57.2 Å². The number of amides is 3. The summed E-state index contributed by atoms with van der Waals surface area (Å²) >= 11 is 0. The summed E-state index contributed by atoms with van der Waals surface area (Å²) in [5, 5.41) is 5.09. The number of likely N-dealkylation sites (tertiary alicyclic amines) is 1. The zero-order valence-electron chi connectivity index (χ0n) is 23.0. The Morgan fingerprint density at radius 1 is 1.18 bits per heavy atom. The zero-order chi connectivity index (χ0) is 28.9. The summed E-state index contributed by atoms with van der Waals surface area (Å²) in [6, 6.07) is -0.451. The molecule has 2 fully saturated rings. The van der Waals surface area contributed by atoms with Crippen molar-refractivity contribution in [2.75, 3.05) is 55.9 Å². The van der Waals surface area contributed by atoms with Crippen molar-refractivity contribution in [1.82, 2.24) is 29.7 Å². The van der Waals surface area contributed by atoms with E-state index in [4.69, 9.17) is 9.47 Å². The van der Waals surface area contributed by atoms with Gasteiger partial charge in [0.15, 0.2) is 5.82 Å². The second-order valence-electron chi connectivity index (χ2n) is 9.93. The van der Waals surface area contributed by atoms with Gasteiger partial charge in [0.2, 0.25) is 11.8 Å². The van der Waals surface area contributed by atoms with Crippen molar-refractivity contribution < 1.29 is 27.8 Å². The number of nitrogens with one attached hydrogen (secondary N) is 2. The third-order valence-corrected chi connectivity index (χ3v) is 7.13. The molecule has 15 heteroatoms. The van der Waals surface area contributed by atoms with Crippen LogP contribution >= 0.6 is 0 Å². The predicted octanol–water partition coefficient (Wildman–Crippen LogP) is 3.07. The van der Waals surface area contributed by atoms with E-state index in [9.17, 15) is 18.4 Å². The fourth-order valence-electron chi connectivity index (χ4n) is 4.62. The lowest BCUT2D eigenvalue weighted by atomic mass is 10.00. The Bertz CT molecular complexity index is 1170. The Kier molecular flexibility index (Phi) is 9.12. The van der Waals surface area contributed by atoms with Gasteiger partial charge < -0.3 is 24.2 Å². The third-order valence-electron chi connectivity index (χ3n) is 7.13. The van der Waals surface area contributed by atoms with Gasteiger partial charge in [-0.1, -0.05) is 0 Å². The van der Waals surface area contributed by atoms with Crippen molar-refractivity contribution in [2.24, 2.45) is 0 Å². The number of nitrogens with zero attached hydrogens (tertiary/aromatic N) is 7. The van der Waals surface area contributed by atoms with Gasteiger partial charge in [0.25, 0.3) is 5.92 Å². The lowest BCUT2D eigenvalue weighted by molar-refractivity contribution is -0.0760. The van der Waals surface area contributed by atoms with Gasteiger partial charge >= 0.3 is 12.1 Å². The van der Waals surface area contributed by atoms with Gasteiger partial charge in [0.1, 0.15) is 18.0 Å². The second-order valence-corrected chi connectivity index (χ2v) is 9.93. The maximum atomic E-state index is 15.0. The van der Waals surface area contributed by atoms with Gasteiger partial charge in [-0.2, -0.15) is 4.98 Å². The lowest BCUT2D eigenvalue weighted by Gasteiger charge is -2.42. The van der Waals surface area contributed by atoms with E-state index in [0.717, 1.165) is 24.3 Å². The number of rotatable bonds is 7. The predicted molar refractivity (Wildman–Crippen MR) is 143 cm³/mol. The maximum Gasteiger partial charge on any atom is 0.413 e. The van der Waals surface area contributed by atoms with Crippen LogP contribution in [0.25, 0.3) is 0 Å². The van der Waals surface area contributed by atoms with Gasteiger partial charge in [-0.15, -0.1) is 0 Å². The van der Waals surface area contributed by atoms with Crippen LogP contribution in [-0.2, 0) is 4.74 Å². The number of hydrogen-bond donors (Lipinski definition) is 2. The zero-order valence-corrected chi connectivity index (χ0v) is 23.0. The highest BCUT2D eigenvalue weighted by Gasteiger charge is 2.48. The lowest BCUT2D eigenvalue weighted by Crippen LogP contribution is -2.60. The Morgan fingerprint density at radius 2 is 1.98 bits per heavy atom. The number of likely N-dealkylation sites (N-methyl/N-ethyl adjacent to an activating group) is 1. The van der Waals surface area contributed by atoms with E-state index in [-0.39, 0.29) is 42.7 Å². The molecule has 0 saturated carbocycles. The summed E-state index contributed by atoms with van der Waals surface area (Å²) in [7, 11) is 3.32. The molecule has 0 aromatic carbocycles. The Hall–Kier alpha value is -3.88. The molecular weight excluding hydrogens is 528 g/mol. The molecule has 2 aliphatic rings. The highest BCUT2D eigenvalue weighted by Crippen LogP contribution is 2.33. The molecule has 0 radical (unpaired) electrons. The molecule has 2 aromatic rings. The number of anilines is 3. The van der Waals surface area contributed by atoms with Gasteiger partial charge in [-0.3, -0.25) is 10.6 Å². The molecule has 2 aromatic heterocycles. The fraction of sp³-hybridized carbons (Fsp3) is 0.600. The molecule has 4 rings (SSSR count). The molecule has 0 unspecified atom stereocenters. The van der Waals surface area contributed by atoms with Crippen LogP contribution in [0.3, 0.4) is 0 Å². The van der Waals surface area contributed by atoms with E-state index in [1.54, 1.807) is 11.8 Å². The van der Waals surface area contributed by atoms with E-state index in [0.29, 0.717) is 12.6 Å². The van der Waals surface area contributed by atoms with Gasteiger partial charge in [-0.05, 0) is 39.8 Å². The number of carbonyl (C=O) groups is 2. The minimum absolute atomic E-state index is 0.0370. The number of piperidine rings is 2. The van der Waals surface area contributed by atoms with E-state index >= 15 is 0 Å². The molecule has 2 saturated heterocycles. The molecular formula is C25H35F2N9O4.